The van der Waals surface area contributed by atoms with E-state index < -0.39 is 13.9 Å². The van der Waals surface area contributed by atoms with Crippen LogP contribution in [0.4, 0.5) is 0 Å². The van der Waals surface area contributed by atoms with Gasteiger partial charge in [0.1, 0.15) is 0 Å². The van der Waals surface area contributed by atoms with E-state index in [-0.39, 0.29) is 0 Å². The standard InChI is InChI=1S/C3H13GeN3/c1-4(5,6)7(2)3/h5-6H2,1-3H3. The summed E-state index contributed by atoms with van der Waals surface area (Å²) >= 11 is -2.33. The molecule has 0 aliphatic rings. The number of hydrogen-bond acceptors (Lipinski definition) is 3. The average Bonchev–Trinajstić information content (AvgIpc) is 1.31. The van der Waals surface area contributed by atoms with Crippen molar-refractivity contribution in [3.63, 3.8) is 0 Å². The van der Waals surface area contributed by atoms with Gasteiger partial charge >= 0.3 is 47.0 Å². The SMILES string of the molecule is C[N](C)[Ge]([CH3])([NH2])[NH2]. The summed E-state index contributed by atoms with van der Waals surface area (Å²) < 4.78 is 13.1. The van der Waals surface area contributed by atoms with Crippen molar-refractivity contribution in [3.05, 3.63) is 0 Å². The van der Waals surface area contributed by atoms with Crippen molar-refractivity contribution in [2.75, 3.05) is 14.1 Å². The Balaban J connectivity index is 3.54. The Labute approximate surface area is 47.7 Å². The van der Waals surface area contributed by atoms with Crippen LogP contribution in [0, 0.1) is 0 Å². The molecular weight excluding hydrogens is 151 g/mol. The fourth-order valence-corrected chi connectivity index (χ4v) is 0. The number of nitrogens with zero attached hydrogens (tertiary/aromatic N) is 1. The Bertz CT molecular complexity index is 55.7. The first-order valence-electron chi connectivity index (χ1n) is 2.20. The van der Waals surface area contributed by atoms with Crippen molar-refractivity contribution in [3.8, 4) is 0 Å². The van der Waals surface area contributed by atoms with Crippen molar-refractivity contribution in [1.82, 2.24) is 3.86 Å². The summed E-state index contributed by atoms with van der Waals surface area (Å²) in [6.07, 6.45) is 0. The van der Waals surface area contributed by atoms with E-state index >= 15 is 0 Å². The Morgan fingerprint density at radius 3 is 1.43 bits per heavy atom. The molecule has 0 unspecified atom stereocenters. The van der Waals surface area contributed by atoms with Crippen molar-refractivity contribution in [2.45, 2.75) is 5.76 Å². The predicted octanol–water partition coefficient (Wildman–Crippen LogP) is -0.966. The van der Waals surface area contributed by atoms with Crippen LogP contribution < -0.4 is 9.38 Å². The zero-order valence-electron chi connectivity index (χ0n) is 5.10. The van der Waals surface area contributed by atoms with Crippen LogP contribution in [0.1, 0.15) is 0 Å². The van der Waals surface area contributed by atoms with E-state index in [1.807, 2.05) is 23.7 Å². The fraction of sp³-hybridized carbons (Fsp3) is 1.00. The molecule has 7 heavy (non-hydrogen) atoms. The van der Waals surface area contributed by atoms with Gasteiger partial charge in [0.15, 0.2) is 0 Å². The first-order chi connectivity index (χ1) is 2.94. The number of hydrogen-bond donors (Lipinski definition) is 2. The topological polar surface area (TPSA) is 55.3 Å². The molecule has 0 fully saturated rings. The molecule has 0 rings (SSSR count). The molecule has 0 amide bonds. The second-order valence-corrected chi connectivity index (χ2v) is 9.14. The van der Waals surface area contributed by atoms with Crippen molar-refractivity contribution in [2.24, 2.45) is 9.38 Å². The van der Waals surface area contributed by atoms with Gasteiger partial charge in [-0.2, -0.15) is 0 Å². The van der Waals surface area contributed by atoms with Crippen molar-refractivity contribution >= 4 is 13.9 Å². The van der Waals surface area contributed by atoms with Crippen LogP contribution in [0.15, 0.2) is 0 Å². The van der Waals surface area contributed by atoms with Gasteiger partial charge in [-0.15, -0.1) is 0 Å². The minimum absolute atomic E-state index is 1.92. The van der Waals surface area contributed by atoms with Gasteiger partial charge in [0.05, 0.1) is 0 Å². The van der Waals surface area contributed by atoms with Crippen molar-refractivity contribution in [1.29, 1.82) is 0 Å². The monoisotopic (exact) mass is 165 g/mol. The molecule has 0 aromatic rings. The van der Waals surface area contributed by atoms with Gasteiger partial charge in [-0.05, 0) is 0 Å². The van der Waals surface area contributed by atoms with Gasteiger partial charge in [0, 0.05) is 0 Å². The fourth-order valence-electron chi connectivity index (χ4n) is 0. The molecule has 0 aliphatic carbocycles. The zero-order chi connectivity index (χ0) is 6.08. The summed E-state index contributed by atoms with van der Waals surface area (Å²) in [6.45, 7) is 0. The summed E-state index contributed by atoms with van der Waals surface area (Å²) in [5.74, 6) is 1.93. The molecular formula is C3H13GeN3. The van der Waals surface area contributed by atoms with Gasteiger partial charge < -0.3 is 0 Å². The van der Waals surface area contributed by atoms with Crippen LogP contribution >= 0.6 is 0 Å². The Hall–Kier alpha value is 0.423. The third-order valence-electron chi connectivity index (χ3n) is 0.964. The van der Waals surface area contributed by atoms with Crippen LogP contribution in [-0.4, -0.2) is 31.9 Å². The molecule has 0 aliphatic heterocycles. The van der Waals surface area contributed by atoms with E-state index in [0.717, 1.165) is 0 Å². The van der Waals surface area contributed by atoms with E-state index in [4.69, 9.17) is 9.38 Å². The molecule has 4 heteroatoms. The Morgan fingerprint density at radius 1 is 1.29 bits per heavy atom. The molecule has 44 valence electrons. The van der Waals surface area contributed by atoms with Crippen molar-refractivity contribution < 1.29 is 0 Å². The molecule has 0 saturated carbocycles. The van der Waals surface area contributed by atoms with Gasteiger partial charge in [-0.25, -0.2) is 0 Å². The Kier molecular flexibility index (Phi) is 2.26. The number of rotatable bonds is 1. The van der Waals surface area contributed by atoms with Crippen LogP contribution in [0.3, 0.4) is 0 Å². The first kappa shape index (κ1) is 7.42. The summed E-state index contributed by atoms with van der Waals surface area (Å²) in [5.41, 5.74) is 0. The molecule has 3 nitrogen and oxygen atoms in total. The molecule has 0 spiro atoms. The molecule has 4 N–H and O–H groups in total. The van der Waals surface area contributed by atoms with E-state index in [1.54, 1.807) is 0 Å². The van der Waals surface area contributed by atoms with E-state index in [9.17, 15) is 0 Å². The molecule has 0 aromatic carbocycles. The van der Waals surface area contributed by atoms with E-state index in [2.05, 4.69) is 0 Å². The first-order valence-corrected chi connectivity index (χ1v) is 7.65. The van der Waals surface area contributed by atoms with E-state index in [0.29, 0.717) is 0 Å². The molecule has 0 saturated heterocycles. The molecule has 0 bridgehead atoms. The molecule has 0 heterocycles. The Morgan fingerprint density at radius 2 is 1.43 bits per heavy atom. The summed E-state index contributed by atoms with van der Waals surface area (Å²) in [5, 5.41) is 0. The van der Waals surface area contributed by atoms with Crippen LogP contribution in [-0.2, 0) is 0 Å². The third kappa shape index (κ3) is 3.05. The molecule has 0 aromatic heterocycles. The van der Waals surface area contributed by atoms with E-state index in [1.165, 1.54) is 0 Å². The molecule has 0 atom stereocenters. The maximum atomic E-state index is 5.57. The van der Waals surface area contributed by atoms with Crippen LogP contribution in [0.25, 0.3) is 0 Å². The van der Waals surface area contributed by atoms with Gasteiger partial charge in [-0.1, -0.05) is 0 Å². The quantitative estimate of drug-likeness (QED) is 0.490. The van der Waals surface area contributed by atoms with Gasteiger partial charge in [-0.3, -0.25) is 0 Å². The minimum atomic E-state index is -2.33. The van der Waals surface area contributed by atoms with Gasteiger partial charge in [0.25, 0.3) is 0 Å². The average molecular weight is 164 g/mol. The number of nitrogens with two attached hydrogens (primary N) is 2. The van der Waals surface area contributed by atoms with Crippen LogP contribution in [0.2, 0.25) is 5.76 Å². The maximum absolute atomic E-state index is 5.57. The predicted molar refractivity (Wildman–Crippen MR) is 33.7 cm³/mol. The summed E-state index contributed by atoms with van der Waals surface area (Å²) in [6, 6.07) is 0. The second kappa shape index (κ2) is 2.13. The second-order valence-electron chi connectivity index (χ2n) is 2.12. The summed E-state index contributed by atoms with van der Waals surface area (Å²) in [7, 11) is 3.83. The normalized spacial score (nSPS) is 12.9. The van der Waals surface area contributed by atoms with Crippen LogP contribution in [0.5, 0.6) is 0 Å². The third-order valence-corrected chi connectivity index (χ3v) is 5.01. The zero-order valence-corrected chi connectivity index (χ0v) is 7.20. The molecule has 0 radical (unpaired) electrons. The van der Waals surface area contributed by atoms with Gasteiger partial charge in [0.2, 0.25) is 0 Å². The summed E-state index contributed by atoms with van der Waals surface area (Å²) in [4.78, 5) is 0.